The largest absolute Gasteiger partial charge is 0.494 e. The molecule has 0 bridgehead atoms. The number of benzene rings is 1. The Morgan fingerprint density at radius 1 is 1.29 bits per heavy atom. The van der Waals surface area contributed by atoms with Crippen molar-refractivity contribution >= 4 is 33.6 Å². The van der Waals surface area contributed by atoms with Crippen molar-refractivity contribution in [1.29, 1.82) is 0 Å². The lowest BCUT2D eigenvalue weighted by atomic mass is 10.2. The molecule has 146 valence electrons. The van der Waals surface area contributed by atoms with Gasteiger partial charge in [-0.1, -0.05) is 12.1 Å². The molecule has 0 saturated heterocycles. The Balaban J connectivity index is 1.70. The maximum absolute atomic E-state index is 12.4. The van der Waals surface area contributed by atoms with Crippen LogP contribution in [0.25, 0.3) is 16.3 Å². The normalized spacial score (nSPS) is 12.4. The van der Waals surface area contributed by atoms with E-state index in [1.54, 1.807) is 13.0 Å². The zero-order valence-corrected chi connectivity index (χ0v) is 17.1. The Labute approximate surface area is 166 Å². The summed E-state index contributed by atoms with van der Waals surface area (Å²) in [5.41, 5.74) is 1.57. The van der Waals surface area contributed by atoms with Gasteiger partial charge in [-0.25, -0.2) is 9.78 Å². The zero-order valence-electron chi connectivity index (χ0n) is 16.2. The fourth-order valence-electron chi connectivity index (χ4n) is 2.74. The number of nitrogens with one attached hydrogen (secondary N) is 1. The lowest BCUT2D eigenvalue weighted by molar-refractivity contribution is -0.142. The molecule has 0 aliphatic rings. The molecule has 0 radical (unpaired) electrons. The monoisotopic (exact) mass is 398 g/mol. The first-order valence-electron chi connectivity index (χ1n) is 9.00. The van der Waals surface area contributed by atoms with Gasteiger partial charge in [-0.3, -0.25) is 4.79 Å². The van der Waals surface area contributed by atoms with Crippen LogP contribution in [0.15, 0.2) is 35.1 Å². The second kappa shape index (κ2) is 8.39. The molecule has 3 aromatic rings. The maximum Gasteiger partial charge on any atom is 0.331 e. The number of carbonyl (C=O) groups excluding carboxylic acids is 1. The lowest BCUT2D eigenvalue weighted by Crippen LogP contribution is -2.16. The van der Waals surface area contributed by atoms with Gasteiger partial charge in [0.25, 0.3) is 5.56 Å². The van der Waals surface area contributed by atoms with Crippen LogP contribution in [0.5, 0.6) is 5.75 Å². The number of H-pyrrole nitrogens is 1. The van der Waals surface area contributed by atoms with E-state index < -0.39 is 12.1 Å². The topological polar surface area (TPSA) is 81.3 Å². The molecule has 2 heterocycles. The Hall–Kier alpha value is -2.93. The number of carbonyl (C=O) groups is 1. The van der Waals surface area contributed by atoms with E-state index in [1.165, 1.54) is 17.4 Å². The summed E-state index contributed by atoms with van der Waals surface area (Å²) in [5.74, 6) is 0.601. The molecule has 7 heteroatoms. The lowest BCUT2D eigenvalue weighted by Gasteiger charge is -2.11. The highest BCUT2D eigenvalue weighted by Crippen LogP contribution is 2.27. The number of aromatic nitrogens is 2. The Morgan fingerprint density at radius 3 is 2.68 bits per heavy atom. The summed E-state index contributed by atoms with van der Waals surface area (Å²) in [7, 11) is 0. The molecule has 1 atom stereocenters. The van der Waals surface area contributed by atoms with Crippen LogP contribution < -0.4 is 10.3 Å². The molecule has 0 fully saturated rings. The van der Waals surface area contributed by atoms with Crippen LogP contribution >= 0.6 is 11.3 Å². The molecule has 1 aromatic carbocycles. The van der Waals surface area contributed by atoms with Crippen molar-refractivity contribution in [2.45, 2.75) is 33.8 Å². The van der Waals surface area contributed by atoms with Crippen LogP contribution in [-0.2, 0) is 9.53 Å². The molecule has 0 saturated carbocycles. The van der Waals surface area contributed by atoms with E-state index in [9.17, 15) is 9.59 Å². The summed E-state index contributed by atoms with van der Waals surface area (Å²) >= 11 is 1.46. The van der Waals surface area contributed by atoms with Crippen LogP contribution in [0.2, 0.25) is 0 Å². The van der Waals surface area contributed by atoms with Crippen LogP contribution in [-0.4, -0.2) is 22.5 Å². The van der Waals surface area contributed by atoms with Crippen molar-refractivity contribution in [3.05, 3.63) is 62.5 Å². The average molecular weight is 398 g/mol. The minimum absolute atomic E-state index is 0.213. The first-order chi connectivity index (χ1) is 13.4. The molecular weight excluding hydrogens is 376 g/mol. The van der Waals surface area contributed by atoms with Gasteiger partial charge in [-0.05, 0) is 57.0 Å². The number of hydrogen-bond donors (Lipinski definition) is 1. The molecule has 3 rings (SSSR count). The van der Waals surface area contributed by atoms with Gasteiger partial charge in [-0.15, -0.1) is 11.3 Å². The van der Waals surface area contributed by atoms with E-state index >= 15 is 0 Å². The minimum Gasteiger partial charge on any atom is -0.494 e. The van der Waals surface area contributed by atoms with Gasteiger partial charge in [-0.2, -0.15) is 0 Å². The smallest absolute Gasteiger partial charge is 0.331 e. The van der Waals surface area contributed by atoms with Gasteiger partial charge in [0.1, 0.15) is 10.6 Å². The Kier molecular flexibility index (Phi) is 5.94. The number of rotatable bonds is 6. The van der Waals surface area contributed by atoms with E-state index in [1.807, 2.05) is 45.0 Å². The van der Waals surface area contributed by atoms with Crippen LogP contribution in [0.3, 0.4) is 0 Å². The molecule has 0 aliphatic carbocycles. The zero-order chi connectivity index (χ0) is 20.3. The molecule has 0 amide bonds. The summed E-state index contributed by atoms with van der Waals surface area (Å²) in [6.45, 7) is 8.06. The average Bonchev–Trinajstić information content (AvgIpc) is 2.95. The van der Waals surface area contributed by atoms with Crippen molar-refractivity contribution in [2.24, 2.45) is 0 Å². The third kappa shape index (κ3) is 4.31. The molecule has 6 nitrogen and oxygen atoms in total. The summed E-state index contributed by atoms with van der Waals surface area (Å²) in [4.78, 5) is 33.4. The van der Waals surface area contributed by atoms with Crippen molar-refractivity contribution < 1.29 is 14.3 Å². The van der Waals surface area contributed by atoms with Gasteiger partial charge in [0.2, 0.25) is 0 Å². The quantitative estimate of drug-likeness (QED) is 0.494. The van der Waals surface area contributed by atoms with Crippen LogP contribution in [0.1, 0.15) is 41.8 Å². The standard InChI is InChI=1S/C21H22N2O4S/c1-5-26-16-9-6-15(7-10-16)8-11-17(24)27-13(3)19-22-20(25)18-12(2)14(4)28-21(18)23-19/h6-11,13H,5H2,1-4H3,(H,22,23,25)/b11-8+/t13-/m0/s1. The number of esters is 1. The highest BCUT2D eigenvalue weighted by molar-refractivity contribution is 7.18. The summed E-state index contributed by atoms with van der Waals surface area (Å²) < 4.78 is 10.8. The first-order valence-corrected chi connectivity index (χ1v) is 9.82. The number of aromatic amines is 1. The number of hydrogen-bond acceptors (Lipinski definition) is 6. The highest BCUT2D eigenvalue weighted by Gasteiger charge is 2.17. The number of fused-ring (bicyclic) bond motifs is 1. The number of nitrogens with zero attached hydrogens (tertiary/aromatic N) is 1. The molecule has 1 N–H and O–H groups in total. The first kappa shape index (κ1) is 19.8. The van der Waals surface area contributed by atoms with Crippen molar-refractivity contribution in [2.75, 3.05) is 6.61 Å². The highest BCUT2D eigenvalue weighted by atomic mass is 32.1. The predicted molar refractivity (Wildman–Crippen MR) is 111 cm³/mol. The molecule has 0 aliphatic heterocycles. The molecular formula is C21H22N2O4S. The molecule has 2 aromatic heterocycles. The Morgan fingerprint density at radius 2 is 2.00 bits per heavy atom. The van der Waals surface area contributed by atoms with Gasteiger partial charge in [0, 0.05) is 11.0 Å². The predicted octanol–water partition coefficient (Wildman–Crippen LogP) is 4.32. The van der Waals surface area contributed by atoms with Crippen LogP contribution in [0, 0.1) is 13.8 Å². The minimum atomic E-state index is -0.669. The van der Waals surface area contributed by atoms with Crippen molar-refractivity contribution in [3.8, 4) is 5.75 Å². The SMILES string of the molecule is CCOc1ccc(/C=C/C(=O)O[C@@H](C)c2nc3sc(C)c(C)c3c(=O)[nH]2)cc1. The molecule has 28 heavy (non-hydrogen) atoms. The van der Waals surface area contributed by atoms with Crippen LogP contribution in [0.4, 0.5) is 0 Å². The Bertz CT molecular complexity index is 1080. The second-order valence-corrected chi connectivity index (χ2v) is 7.53. The van der Waals surface area contributed by atoms with Gasteiger partial charge in [0.15, 0.2) is 11.9 Å². The van der Waals surface area contributed by atoms with E-state index in [-0.39, 0.29) is 5.56 Å². The maximum atomic E-state index is 12.4. The molecule has 0 unspecified atom stereocenters. The fourth-order valence-corrected chi connectivity index (χ4v) is 3.78. The van der Waals surface area contributed by atoms with E-state index in [0.717, 1.165) is 21.8 Å². The van der Waals surface area contributed by atoms with Crippen molar-refractivity contribution in [1.82, 2.24) is 9.97 Å². The number of ether oxygens (including phenoxy) is 2. The third-order valence-corrected chi connectivity index (χ3v) is 5.44. The summed E-state index contributed by atoms with van der Waals surface area (Å²) in [5, 5.41) is 0.597. The molecule has 0 spiro atoms. The summed E-state index contributed by atoms with van der Waals surface area (Å²) in [6.07, 6.45) is 2.34. The van der Waals surface area contributed by atoms with Gasteiger partial charge >= 0.3 is 5.97 Å². The van der Waals surface area contributed by atoms with E-state index in [2.05, 4.69) is 9.97 Å². The number of thiophene rings is 1. The van der Waals surface area contributed by atoms with Crippen molar-refractivity contribution in [3.63, 3.8) is 0 Å². The number of aryl methyl sites for hydroxylation is 2. The second-order valence-electron chi connectivity index (χ2n) is 6.33. The van der Waals surface area contributed by atoms with E-state index in [0.29, 0.717) is 22.6 Å². The van der Waals surface area contributed by atoms with Gasteiger partial charge in [0.05, 0.1) is 12.0 Å². The van der Waals surface area contributed by atoms with E-state index in [4.69, 9.17) is 9.47 Å². The van der Waals surface area contributed by atoms with Gasteiger partial charge < -0.3 is 14.5 Å². The fraction of sp³-hybridized carbons (Fsp3) is 0.286. The third-order valence-electron chi connectivity index (χ3n) is 4.34. The summed E-state index contributed by atoms with van der Waals surface area (Å²) in [6, 6.07) is 7.39.